The fourth-order valence-corrected chi connectivity index (χ4v) is 3.40. The van der Waals surface area contributed by atoms with Crippen LogP contribution in [0.1, 0.15) is 19.5 Å². The molecular weight excluding hydrogens is 427 g/mol. The van der Waals surface area contributed by atoms with Crippen molar-refractivity contribution in [3.05, 3.63) is 65.1 Å². The second kappa shape index (κ2) is 8.47. The van der Waals surface area contributed by atoms with Crippen molar-refractivity contribution in [2.75, 3.05) is 0 Å². The van der Waals surface area contributed by atoms with Gasteiger partial charge in [-0.15, -0.1) is 0 Å². The Hall–Kier alpha value is -2.88. The van der Waals surface area contributed by atoms with E-state index < -0.39 is 45.9 Å². The molecule has 0 amide bonds. The van der Waals surface area contributed by atoms with Crippen LogP contribution in [0.5, 0.6) is 5.88 Å². The highest BCUT2D eigenvalue weighted by Gasteiger charge is 2.30. The number of nitrogens with zero attached hydrogens (tertiary/aromatic N) is 2. The van der Waals surface area contributed by atoms with Crippen LogP contribution in [-0.2, 0) is 4.79 Å². The van der Waals surface area contributed by atoms with E-state index in [-0.39, 0.29) is 28.2 Å². The highest BCUT2D eigenvalue weighted by Crippen LogP contribution is 2.42. The first-order valence-corrected chi connectivity index (χ1v) is 9.51. The van der Waals surface area contributed by atoms with E-state index in [4.69, 9.17) is 4.74 Å². The Balaban J connectivity index is 2.19. The first kappa shape index (κ1) is 21.8. The molecule has 0 spiro atoms. The average Bonchev–Trinajstić information content (AvgIpc) is 3.03. The van der Waals surface area contributed by atoms with Crippen molar-refractivity contribution in [2.45, 2.75) is 30.6 Å². The molecule has 0 fully saturated rings. The molecular formula is C20H15F5N2O2S. The summed E-state index contributed by atoms with van der Waals surface area (Å²) in [5.41, 5.74) is 0.635. The molecule has 0 aliphatic carbocycles. The van der Waals surface area contributed by atoms with Crippen LogP contribution in [0.4, 0.5) is 22.0 Å². The highest BCUT2D eigenvalue weighted by molar-refractivity contribution is 7.99. The quantitative estimate of drug-likeness (QED) is 0.224. The largest absolute Gasteiger partial charge is 0.406 e. The number of benzene rings is 2. The van der Waals surface area contributed by atoms with Crippen molar-refractivity contribution in [1.29, 1.82) is 0 Å². The van der Waals surface area contributed by atoms with Crippen LogP contribution in [0.25, 0.3) is 5.69 Å². The third kappa shape index (κ3) is 3.91. The van der Waals surface area contributed by atoms with Crippen molar-refractivity contribution in [3.63, 3.8) is 0 Å². The Labute approximate surface area is 172 Å². The second-order valence-electron chi connectivity index (χ2n) is 6.54. The first-order valence-electron chi connectivity index (χ1n) is 8.69. The summed E-state index contributed by atoms with van der Waals surface area (Å²) in [7, 11) is 0. The zero-order chi connectivity index (χ0) is 22.2. The number of carbonyl (C=O) groups excluding carboxylic acids is 1. The molecule has 0 radical (unpaired) electrons. The number of esters is 1. The van der Waals surface area contributed by atoms with Crippen LogP contribution in [0.2, 0.25) is 0 Å². The number of rotatable bonds is 5. The Bertz CT molecular complexity index is 1090. The van der Waals surface area contributed by atoms with Crippen LogP contribution in [-0.4, -0.2) is 15.7 Å². The van der Waals surface area contributed by atoms with E-state index in [9.17, 15) is 26.7 Å². The molecule has 158 valence electrons. The summed E-state index contributed by atoms with van der Waals surface area (Å²) in [5, 5.41) is 4.22. The summed E-state index contributed by atoms with van der Waals surface area (Å²) in [6.45, 7) is 4.62. The molecule has 3 aromatic rings. The summed E-state index contributed by atoms with van der Waals surface area (Å²) in [4.78, 5) is 11.0. The van der Waals surface area contributed by atoms with Gasteiger partial charge in [-0.1, -0.05) is 43.8 Å². The van der Waals surface area contributed by atoms with Gasteiger partial charge in [0, 0.05) is 0 Å². The third-order valence-electron chi connectivity index (χ3n) is 4.01. The Morgan fingerprint density at radius 2 is 1.47 bits per heavy atom. The highest BCUT2D eigenvalue weighted by atomic mass is 32.2. The molecule has 2 aromatic carbocycles. The zero-order valence-corrected chi connectivity index (χ0v) is 16.8. The van der Waals surface area contributed by atoms with Crippen LogP contribution in [0.15, 0.2) is 40.1 Å². The number of aryl methyl sites for hydroxylation is 1. The fourth-order valence-electron chi connectivity index (χ4n) is 2.43. The summed E-state index contributed by atoms with van der Waals surface area (Å²) in [6.07, 6.45) is 0. The van der Waals surface area contributed by atoms with Gasteiger partial charge in [-0.25, -0.2) is 22.0 Å². The molecule has 10 heteroatoms. The number of carbonyl (C=O) groups is 1. The SMILES string of the molecule is Cc1nn(-c2ccccc2)c(OC(=O)C(C)C)c1Sc1c(F)c(F)c(F)c(F)c1F. The lowest BCUT2D eigenvalue weighted by Gasteiger charge is -2.12. The van der Waals surface area contributed by atoms with Gasteiger partial charge in [-0.05, 0) is 19.1 Å². The van der Waals surface area contributed by atoms with E-state index in [1.54, 1.807) is 44.2 Å². The standard InChI is InChI=1S/C20H15F5N2O2S/c1-9(2)20(28)29-19-17(10(3)26-27(19)11-7-5-4-6-8-11)30-18-15(24)13(22)12(21)14(23)16(18)25/h4-9H,1-3H3. The molecule has 0 aliphatic heterocycles. The predicted molar refractivity (Wildman–Crippen MR) is 99.1 cm³/mol. The molecule has 0 saturated carbocycles. The molecule has 0 unspecified atom stereocenters. The van der Waals surface area contributed by atoms with Crippen LogP contribution < -0.4 is 4.74 Å². The number of para-hydroxylation sites is 1. The Morgan fingerprint density at radius 1 is 0.933 bits per heavy atom. The molecule has 4 nitrogen and oxygen atoms in total. The minimum absolute atomic E-state index is 0.0592. The van der Waals surface area contributed by atoms with Gasteiger partial charge in [0.05, 0.1) is 27.1 Å². The van der Waals surface area contributed by atoms with Gasteiger partial charge in [0.1, 0.15) is 0 Å². The number of hydrogen-bond acceptors (Lipinski definition) is 4. The number of hydrogen-bond donors (Lipinski definition) is 0. The monoisotopic (exact) mass is 442 g/mol. The predicted octanol–water partition coefficient (Wildman–Crippen LogP) is 5.59. The maximum atomic E-state index is 14.2. The molecule has 0 aliphatic rings. The minimum atomic E-state index is -2.25. The van der Waals surface area contributed by atoms with E-state index in [1.165, 1.54) is 11.6 Å². The summed E-state index contributed by atoms with van der Waals surface area (Å²) in [5.74, 6) is -11.7. The lowest BCUT2D eigenvalue weighted by Crippen LogP contribution is -2.17. The first-order chi connectivity index (χ1) is 14.1. The van der Waals surface area contributed by atoms with Crippen molar-refractivity contribution < 1.29 is 31.5 Å². The maximum Gasteiger partial charge on any atom is 0.315 e. The number of ether oxygens (including phenoxy) is 1. The fraction of sp³-hybridized carbons (Fsp3) is 0.200. The van der Waals surface area contributed by atoms with E-state index >= 15 is 0 Å². The van der Waals surface area contributed by atoms with Gasteiger partial charge in [0.15, 0.2) is 23.3 Å². The third-order valence-corrected chi connectivity index (χ3v) is 5.25. The minimum Gasteiger partial charge on any atom is -0.406 e. The lowest BCUT2D eigenvalue weighted by atomic mass is 10.2. The smallest absolute Gasteiger partial charge is 0.315 e. The number of aromatic nitrogens is 2. The molecule has 1 heterocycles. The number of halogens is 5. The van der Waals surface area contributed by atoms with Gasteiger partial charge in [-0.3, -0.25) is 4.79 Å². The van der Waals surface area contributed by atoms with Crippen molar-refractivity contribution in [1.82, 2.24) is 9.78 Å². The molecule has 0 saturated heterocycles. The van der Waals surface area contributed by atoms with Crippen molar-refractivity contribution in [2.24, 2.45) is 5.92 Å². The van der Waals surface area contributed by atoms with E-state index in [1.807, 2.05) is 0 Å². The molecule has 0 atom stereocenters. The zero-order valence-electron chi connectivity index (χ0n) is 16.0. The van der Waals surface area contributed by atoms with E-state index in [0.29, 0.717) is 5.69 Å². The van der Waals surface area contributed by atoms with E-state index in [2.05, 4.69) is 5.10 Å². The second-order valence-corrected chi connectivity index (χ2v) is 7.56. The van der Waals surface area contributed by atoms with Gasteiger partial charge >= 0.3 is 5.97 Å². The van der Waals surface area contributed by atoms with Gasteiger partial charge < -0.3 is 4.74 Å². The summed E-state index contributed by atoms with van der Waals surface area (Å²) in [6, 6.07) is 8.41. The van der Waals surface area contributed by atoms with Gasteiger partial charge in [-0.2, -0.15) is 9.78 Å². The van der Waals surface area contributed by atoms with E-state index in [0.717, 1.165) is 0 Å². The van der Waals surface area contributed by atoms with Gasteiger partial charge in [0.25, 0.3) is 0 Å². The average molecular weight is 442 g/mol. The molecule has 0 bridgehead atoms. The van der Waals surface area contributed by atoms with Crippen LogP contribution in [0.3, 0.4) is 0 Å². The topological polar surface area (TPSA) is 44.1 Å². The summed E-state index contributed by atoms with van der Waals surface area (Å²) < 4.78 is 75.6. The Kier molecular flexibility index (Phi) is 6.16. The molecule has 30 heavy (non-hydrogen) atoms. The summed E-state index contributed by atoms with van der Waals surface area (Å²) >= 11 is 0.243. The van der Waals surface area contributed by atoms with Crippen molar-refractivity contribution >= 4 is 17.7 Å². The van der Waals surface area contributed by atoms with Crippen molar-refractivity contribution in [3.8, 4) is 11.6 Å². The normalized spacial score (nSPS) is 11.2. The lowest BCUT2D eigenvalue weighted by molar-refractivity contribution is -0.138. The van der Waals surface area contributed by atoms with Gasteiger partial charge in [0.2, 0.25) is 11.7 Å². The van der Waals surface area contributed by atoms with Crippen LogP contribution in [0, 0.1) is 41.9 Å². The molecule has 1 aromatic heterocycles. The van der Waals surface area contributed by atoms with Crippen LogP contribution >= 0.6 is 11.8 Å². The maximum absolute atomic E-state index is 14.2. The Morgan fingerprint density at radius 3 is 2.00 bits per heavy atom. The molecule has 0 N–H and O–H groups in total. The molecule has 3 rings (SSSR count).